The Labute approximate surface area is 95.6 Å². The zero-order chi connectivity index (χ0) is 11.4. The van der Waals surface area contributed by atoms with E-state index in [1.54, 1.807) is 12.1 Å². The van der Waals surface area contributed by atoms with Crippen LogP contribution in [-0.2, 0) is 0 Å². The van der Waals surface area contributed by atoms with E-state index in [1.165, 1.54) is 6.07 Å². The summed E-state index contributed by atoms with van der Waals surface area (Å²) in [7, 11) is 0. The van der Waals surface area contributed by atoms with Crippen LogP contribution in [0.25, 0.3) is 0 Å². The molecule has 0 amide bonds. The molecule has 0 spiro atoms. The lowest BCUT2D eigenvalue weighted by Gasteiger charge is -2.22. The van der Waals surface area contributed by atoms with Crippen molar-refractivity contribution in [2.24, 2.45) is 5.92 Å². The van der Waals surface area contributed by atoms with Crippen molar-refractivity contribution in [2.75, 3.05) is 5.32 Å². The van der Waals surface area contributed by atoms with Gasteiger partial charge in [0.1, 0.15) is 5.82 Å². The Kier molecular flexibility index (Phi) is 4.40. The summed E-state index contributed by atoms with van der Waals surface area (Å²) in [6.07, 6.45) is 1.02. The lowest BCUT2D eigenvalue weighted by Crippen LogP contribution is -2.24. The van der Waals surface area contributed by atoms with Gasteiger partial charge < -0.3 is 5.32 Å². The highest BCUT2D eigenvalue weighted by Crippen LogP contribution is 2.21. The Morgan fingerprint density at radius 3 is 2.53 bits per heavy atom. The minimum atomic E-state index is -0.375. The maximum atomic E-state index is 13.2. The van der Waals surface area contributed by atoms with E-state index < -0.39 is 0 Å². The third-order valence-electron chi connectivity index (χ3n) is 2.52. The van der Waals surface area contributed by atoms with Gasteiger partial charge >= 0.3 is 0 Å². The summed E-state index contributed by atoms with van der Waals surface area (Å²) in [4.78, 5) is 0. The number of anilines is 1. The summed E-state index contributed by atoms with van der Waals surface area (Å²) in [5, 5.41) is 3.46. The number of rotatable bonds is 4. The van der Waals surface area contributed by atoms with E-state index in [0.29, 0.717) is 12.0 Å². The lowest BCUT2D eigenvalue weighted by molar-refractivity contribution is 0.511. The molecule has 0 heterocycles. The first-order chi connectivity index (χ1) is 7.04. The van der Waals surface area contributed by atoms with E-state index in [-0.39, 0.29) is 10.8 Å². The minimum Gasteiger partial charge on any atom is -0.382 e. The SMILES string of the molecule is CCC(Nc1ccc(Cl)c(F)c1)C(C)C. The standard InChI is InChI=1S/C12H17ClFN/c1-4-12(8(2)3)15-9-5-6-10(13)11(14)7-9/h5-8,12,15H,4H2,1-3H3. The largest absolute Gasteiger partial charge is 0.382 e. The normalized spacial score (nSPS) is 12.9. The first-order valence-electron chi connectivity index (χ1n) is 5.26. The molecule has 0 aromatic heterocycles. The van der Waals surface area contributed by atoms with Gasteiger partial charge in [-0.2, -0.15) is 0 Å². The molecule has 0 radical (unpaired) electrons. The molecule has 0 fully saturated rings. The Hall–Kier alpha value is -0.760. The number of benzene rings is 1. The number of nitrogens with one attached hydrogen (secondary N) is 1. The van der Waals surface area contributed by atoms with E-state index in [9.17, 15) is 4.39 Å². The summed E-state index contributed by atoms with van der Waals surface area (Å²) in [6, 6.07) is 5.18. The van der Waals surface area contributed by atoms with Gasteiger partial charge in [0.05, 0.1) is 5.02 Å². The Morgan fingerprint density at radius 1 is 1.40 bits per heavy atom. The maximum absolute atomic E-state index is 13.2. The van der Waals surface area contributed by atoms with Crippen LogP contribution < -0.4 is 5.32 Å². The summed E-state index contributed by atoms with van der Waals surface area (Å²) in [5.74, 6) is 0.147. The molecule has 1 rings (SSSR count). The third-order valence-corrected chi connectivity index (χ3v) is 2.82. The molecule has 84 valence electrons. The van der Waals surface area contributed by atoms with Crippen molar-refractivity contribution in [1.82, 2.24) is 0 Å². The molecule has 3 heteroatoms. The van der Waals surface area contributed by atoms with Crippen LogP contribution >= 0.6 is 11.6 Å². The van der Waals surface area contributed by atoms with Crippen LogP contribution in [0.5, 0.6) is 0 Å². The second kappa shape index (κ2) is 5.36. The summed E-state index contributed by atoms with van der Waals surface area (Å²) in [6.45, 7) is 6.41. The van der Waals surface area contributed by atoms with Crippen molar-refractivity contribution in [1.29, 1.82) is 0 Å². The smallest absolute Gasteiger partial charge is 0.143 e. The van der Waals surface area contributed by atoms with Gasteiger partial charge in [0.25, 0.3) is 0 Å². The highest BCUT2D eigenvalue weighted by Gasteiger charge is 2.11. The fourth-order valence-corrected chi connectivity index (χ4v) is 1.66. The van der Waals surface area contributed by atoms with Gasteiger partial charge in [-0.05, 0) is 30.5 Å². The Balaban J connectivity index is 2.75. The van der Waals surface area contributed by atoms with E-state index in [2.05, 4.69) is 26.1 Å². The highest BCUT2D eigenvalue weighted by atomic mass is 35.5. The summed E-state index contributed by atoms with van der Waals surface area (Å²) in [5.41, 5.74) is 0.789. The first-order valence-corrected chi connectivity index (χ1v) is 5.64. The predicted octanol–water partition coefficient (Wildman–Crippen LogP) is 4.33. The number of hydrogen-bond donors (Lipinski definition) is 1. The molecule has 0 aliphatic carbocycles. The molecule has 1 unspecified atom stereocenters. The van der Waals surface area contributed by atoms with Crippen molar-refractivity contribution in [3.05, 3.63) is 29.0 Å². The van der Waals surface area contributed by atoms with Crippen LogP contribution in [0.3, 0.4) is 0 Å². The molecule has 1 atom stereocenters. The average Bonchev–Trinajstić information content (AvgIpc) is 2.19. The van der Waals surface area contributed by atoms with Crippen LogP contribution in [0.1, 0.15) is 27.2 Å². The second-order valence-corrected chi connectivity index (χ2v) is 4.44. The van der Waals surface area contributed by atoms with Crippen molar-refractivity contribution < 1.29 is 4.39 Å². The van der Waals surface area contributed by atoms with Crippen molar-refractivity contribution in [3.63, 3.8) is 0 Å². The highest BCUT2D eigenvalue weighted by molar-refractivity contribution is 6.30. The molecule has 0 aliphatic heterocycles. The summed E-state index contributed by atoms with van der Waals surface area (Å²) < 4.78 is 13.2. The fourth-order valence-electron chi connectivity index (χ4n) is 1.54. The Morgan fingerprint density at radius 2 is 2.07 bits per heavy atom. The summed E-state index contributed by atoms with van der Waals surface area (Å²) >= 11 is 5.61. The molecule has 0 saturated heterocycles. The van der Waals surface area contributed by atoms with Gasteiger partial charge in [-0.3, -0.25) is 0 Å². The van der Waals surface area contributed by atoms with Gasteiger partial charge in [0.2, 0.25) is 0 Å². The van der Waals surface area contributed by atoms with E-state index in [4.69, 9.17) is 11.6 Å². The van der Waals surface area contributed by atoms with Crippen LogP contribution in [0.15, 0.2) is 18.2 Å². The van der Waals surface area contributed by atoms with E-state index in [1.807, 2.05) is 0 Å². The zero-order valence-electron chi connectivity index (χ0n) is 9.35. The lowest BCUT2D eigenvalue weighted by atomic mass is 10.0. The van der Waals surface area contributed by atoms with Crippen LogP contribution in [-0.4, -0.2) is 6.04 Å². The minimum absolute atomic E-state index is 0.165. The first kappa shape index (κ1) is 12.3. The fraction of sp³-hybridized carbons (Fsp3) is 0.500. The molecule has 1 N–H and O–H groups in total. The van der Waals surface area contributed by atoms with Gasteiger partial charge in [-0.15, -0.1) is 0 Å². The monoisotopic (exact) mass is 229 g/mol. The van der Waals surface area contributed by atoms with Crippen molar-refractivity contribution in [3.8, 4) is 0 Å². The van der Waals surface area contributed by atoms with Crippen LogP contribution in [0, 0.1) is 11.7 Å². The molecular formula is C12H17ClFN. The van der Waals surface area contributed by atoms with Crippen LogP contribution in [0.2, 0.25) is 5.02 Å². The molecule has 15 heavy (non-hydrogen) atoms. The maximum Gasteiger partial charge on any atom is 0.143 e. The van der Waals surface area contributed by atoms with E-state index in [0.717, 1.165) is 12.1 Å². The average molecular weight is 230 g/mol. The molecule has 1 aromatic rings. The van der Waals surface area contributed by atoms with Gasteiger partial charge in [-0.1, -0.05) is 32.4 Å². The topological polar surface area (TPSA) is 12.0 Å². The third kappa shape index (κ3) is 3.38. The molecule has 0 aliphatic rings. The predicted molar refractivity (Wildman–Crippen MR) is 63.9 cm³/mol. The number of hydrogen-bond acceptors (Lipinski definition) is 1. The number of halogens is 2. The molecule has 0 bridgehead atoms. The Bertz CT molecular complexity index is 325. The molecule has 1 nitrogen and oxygen atoms in total. The quantitative estimate of drug-likeness (QED) is 0.811. The van der Waals surface area contributed by atoms with Gasteiger partial charge in [-0.25, -0.2) is 4.39 Å². The molecule has 0 saturated carbocycles. The van der Waals surface area contributed by atoms with Crippen molar-refractivity contribution >= 4 is 17.3 Å². The van der Waals surface area contributed by atoms with Crippen molar-refractivity contribution in [2.45, 2.75) is 33.2 Å². The van der Waals surface area contributed by atoms with Gasteiger partial charge in [0.15, 0.2) is 0 Å². The second-order valence-electron chi connectivity index (χ2n) is 4.03. The van der Waals surface area contributed by atoms with E-state index >= 15 is 0 Å². The van der Waals surface area contributed by atoms with Crippen LogP contribution in [0.4, 0.5) is 10.1 Å². The molecular weight excluding hydrogens is 213 g/mol. The molecule has 1 aromatic carbocycles. The van der Waals surface area contributed by atoms with Gasteiger partial charge in [0, 0.05) is 11.7 Å². The zero-order valence-corrected chi connectivity index (χ0v) is 10.1.